The molecule has 2 fully saturated rings. The van der Waals surface area contributed by atoms with Crippen LogP contribution in [0.3, 0.4) is 0 Å². The Hall–Kier alpha value is -1.58. The van der Waals surface area contributed by atoms with Gasteiger partial charge in [0.1, 0.15) is 5.82 Å². The van der Waals surface area contributed by atoms with Crippen LogP contribution in [-0.2, 0) is 0 Å². The molecule has 0 aromatic heterocycles. The van der Waals surface area contributed by atoms with Crippen molar-refractivity contribution in [2.75, 3.05) is 14.2 Å². The van der Waals surface area contributed by atoms with Crippen molar-refractivity contribution in [2.45, 2.75) is 19.3 Å². The highest BCUT2D eigenvalue weighted by molar-refractivity contribution is 6.01. The number of rotatable bonds is 4. The Bertz CT molecular complexity index is 516. The first-order chi connectivity index (χ1) is 9.17. The van der Waals surface area contributed by atoms with Crippen molar-refractivity contribution in [3.63, 3.8) is 0 Å². The molecule has 2 aliphatic rings. The monoisotopic (exact) mass is 264 g/mol. The normalized spacial score (nSPS) is 27.8. The summed E-state index contributed by atoms with van der Waals surface area (Å²) in [6.45, 7) is 0. The summed E-state index contributed by atoms with van der Waals surface area (Å²) < 4.78 is 24.2. The average Bonchev–Trinajstić information content (AvgIpc) is 2.90. The lowest BCUT2D eigenvalue weighted by Gasteiger charge is -2.11. The zero-order chi connectivity index (χ0) is 13.6. The molecular formula is C15H17FO3. The van der Waals surface area contributed by atoms with Crippen molar-refractivity contribution < 1.29 is 18.7 Å². The van der Waals surface area contributed by atoms with Crippen LogP contribution in [0, 0.1) is 23.6 Å². The fourth-order valence-corrected chi connectivity index (χ4v) is 3.43. The Morgan fingerprint density at radius 1 is 1.16 bits per heavy atom. The fraction of sp³-hybridized carbons (Fsp3) is 0.533. The number of hydrogen-bond acceptors (Lipinski definition) is 3. The summed E-state index contributed by atoms with van der Waals surface area (Å²) in [7, 11) is 2.93. The number of carbonyl (C=O) groups excluding carboxylic acids is 1. The highest BCUT2D eigenvalue weighted by Crippen LogP contribution is 2.58. The van der Waals surface area contributed by atoms with Crippen molar-refractivity contribution >= 4 is 5.78 Å². The van der Waals surface area contributed by atoms with Gasteiger partial charge in [0.15, 0.2) is 17.3 Å². The second kappa shape index (κ2) is 4.51. The average molecular weight is 264 g/mol. The standard InChI is InChI=1S/C15H17FO3/c1-18-12-6-10(11(16)7-13(12)19-2)15(17)14-8-4-3-5-9(8)14/h6-9,14H,3-5H2,1-2H3. The third-order valence-corrected chi connectivity index (χ3v) is 4.45. The van der Waals surface area contributed by atoms with Gasteiger partial charge in [0.05, 0.1) is 19.8 Å². The molecular weight excluding hydrogens is 247 g/mol. The van der Waals surface area contributed by atoms with Gasteiger partial charge in [-0.25, -0.2) is 4.39 Å². The summed E-state index contributed by atoms with van der Waals surface area (Å²) in [4.78, 5) is 12.4. The van der Waals surface area contributed by atoms with Crippen LogP contribution in [0.5, 0.6) is 11.5 Å². The van der Waals surface area contributed by atoms with Gasteiger partial charge in [-0.2, -0.15) is 0 Å². The molecule has 3 nitrogen and oxygen atoms in total. The fourth-order valence-electron chi connectivity index (χ4n) is 3.43. The first-order valence-electron chi connectivity index (χ1n) is 6.63. The lowest BCUT2D eigenvalue weighted by molar-refractivity contribution is 0.0947. The Labute approximate surface area is 111 Å². The number of Topliss-reactive ketones (excluding diaryl/α,β-unsaturated/α-hetero) is 1. The summed E-state index contributed by atoms with van der Waals surface area (Å²) in [6.07, 6.45) is 3.42. The molecule has 3 rings (SSSR count). The van der Waals surface area contributed by atoms with Crippen molar-refractivity contribution in [1.82, 2.24) is 0 Å². The number of methoxy groups -OCH3 is 2. The molecule has 2 saturated carbocycles. The molecule has 0 N–H and O–H groups in total. The summed E-state index contributed by atoms with van der Waals surface area (Å²) in [6, 6.07) is 2.69. The van der Waals surface area contributed by atoms with Crippen molar-refractivity contribution in [2.24, 2.45) is 17.8 Å². The van der Waals surface area contributed by atoms with Crippen LogP contribution in [0.15, 0.2) is 12.1 Å². The third-order valence-electron chi connectivity index (χ3n) is 4.45. The maximum absolute atomic E-state index is 14.0. The van der Waals surface area contributed by atoms with E-state index in [1.54, 1.807) is 0 Å². The summed E-state index contributed by atoms with van der Waals surface area (Å²) in [5.41, 5.74) is 0.136. The second-order valence-corrected chi connectivity index (χ2v) is 5.34. The number of carbonyl (C=O) groups is 1. The van der Waals surface area contributed by atoms with E-state index in [9.17, 15) is 9.18 Å². The van der Waals surface area contributed by atoms with Crippen LogP contribution in [0.4, 0.5) is 4.39 Å². The topological polar surface area (TPSA) is 35.5 Å². The van der Waals surface area contributed by atoms with Gasteiger partial charge in [0.2, 0.25) is 0 Å². The van der Waals surface area contributed by atoms with Crippen molar-refractivity contribution in [3.8, 4) is 11.5 Å². The molecule has 0 saturated heterocycles. The molecule has 102 valence electrons. The SMILES string of the molecule is COc1cc(F)c(C(=O)C2C3CCCC32)cc1OC. The number of hydrogen-bond donors (Lipinski definition) is 0. The van der Waals surface area contributed by atoms with Gasteiger partial charge in [0, 0.05) is 12.0 Å². The van der Waals surface area contributed by atoms with Gasteiger partial charge in [0.25, 0.3) is 0 Å². The van der Waals surface area contributed by atoms with Crippen LogP contribution < -0.4 is 9.47 Å². The van der Waals surface area contributed by atoms with E-state index in [4.69, 9.17) is 9.47 Å². The molecule has 0 radical (unpaired) electrons. The lowest BCUT2D eigenvalue weighted by Crippen LogP contribution is -2.09. The number of benzene rings is 1. The predicted molar refractivity (Wildman–Crippen MR) is 68.2 cm³/mol. The van der Waals surface area contributed by atoms with Crippen molar-refractivity contribution in [3.05, 3.63) is 23.5 Å². The van der Waals surface area contributed by atoms with Crippen molar-refractivity contribution in [1.29, 1.82) is 0 Å². The molecule has 2 aliphatic carbocycles. The number of fused-ring (bicyclic) bond motifs is 1. The third kappa shape index (κ3) is 1.90. The smallest absolute Gasteiger partial charge is 0.169 e. The molecule has 0 bridgehead atoms. The minimum Gasteiger partial charge on any atom is -0.493 e. The Morgan fingerprint density at radius 2 is 1.74 bits per heavy atom. The van der Waals surface area contributed by atoms with E-state index in [0.717, 1.165) is 12.8 Å². The number of halogens is 1. The van der Waals surface area contributed by atoms with Gasteiger partial charge in [-0.15, -0.1) is 0 Å². The van der Waals surface area contributed by atoms with E-state index >= 15 is 0 Å². The summed E-state index contributed by atoms with van der Waals surface area (Å²) in [5, 5.41) is 0. The Balaban J connectivity index is 1.90. The van der Waals surface area contributed by atoms with E-state index in [-0.39, 0.29) is 17.3 Å². The highest BCUT2D eigenvalue weighted by Gasteiger charge is 2.56. The van der Waals surface area contributed by atoms with E-state index in [1.807, 2.05) is 0 Å². The van der Waals surface area contributed by atoms with Crippen LogP contribution in [-0.4, -0.2) is 20.0 Å². The highest BCUT2D eigenvalue weighted by atomic mass is 19.1. The Morgan fingerprint density at radius 3 is 2.32 bits per heavy atom. The lowest BCUT2D eigenvalue weighted by atomic mass is 10.0. The largest absolute Gasteiger partial charge is 0.493 e. The van der Waals surface area contributed by atoms with Crippen LogP contribution in [0.25, 0.3) is 0 Å². The molecule has 0 heterocycles. The molecule has 1 aromatic carbocycles. The molecule has 0 amide bonds. The van der Waals surface area contributed by atoms with Crippen LogP contribution in [0.2, 0.25) is 0 Å². The maximum atomic E-state index is 14.0. The quantitative estimate of drug-likeness (QED) is 0.784. The minimum absolute atomic E-state index is 0.0290. The molecule has 2 atom stereocenters. The molecule has 1 aromatic rings. The summed E-state index contributed by atoms with van der Waals surface area (Å²) in [5.74, 6) is 1.12. The number of ketones is 1. The van der Waals surface area contributed by atoms with Crippen LogP contribution >= 0.6 is 0 Å². The first-order valence-corrected chi connectivity index (χ1v) is 6.63. The molecule has 0 aliphatic heterocycles. The maximum Gasteiger partial charge on any atom is 0.169 e. The van der Waals surface area contributed by atoms with Gasteiger partial charge in [-0.05, 0) is 30.7 Å². The van der Waals surface area contributed by atoms with E-state index in [2.05, 4.69) is 0 Å². The van der Waals surface area contributed by atoms with E-state index < -0.39 is 5.82 Å². The molecule has 19 heavy (non-hydrogen) atoms. The van der Waals surface area contributed by atoms with Gasteiger partial charge >= 0.3 is 0 Å². The van der Waals surface area contributed by atoms with E-state index in [0.29, 0.717) is 23.3 Å². The second-order valence-electron chi connectivity index (χ2n) is 5.34. The van der Waals surface area contributed by atoms with Crippen LogP contribution in [0.1, 0.15) is 29.6 Å². The zero-order valence-corrected chi connectivity index (χ0v) is 11.1. The zero-order valence-electron chi connectivity index (χ0n) is 11.1. The van der Waals surface area contributed by atoms with E-state index in [1.165, 1.54) is 32.8 Å². The van der Waals surface area contributed by atoms with Gasteiger partial charge < -0.3 is 9.47 Å². The van der Waals surface area contributed by atoms with Gasteiger partial charge in [-0.1, -0.05) is 6.42 Å². The minimum atomic E-state index is -0.521. The predicted octanol–water partition coefficient (Wildman–Crippen LogP) is 3.07. The summed E-state index contributed by atoms with van der Waals surface area (Å²) >= 11 is 0. The molecule has 0 spiro atoms. The molecule has 2 unspecified atom stereocenters. The number of ether oxygens (including phenoxy) is 2. The molecule has 4 heteroatoms. The van der Waals surface area contributed by atoms with Gasteiger partial charge in [-0.3, -0.25) is 4.79 Å². The first kappa shape index (κ1) is 12.5. The Kier molecular flexibility index (Phi) is 2.96.